The zero-order valence-corrected chi connectivity index (χ0v) is 8.70. The maximum absolute atomic E-state index is 4.01. The minimum absolute atomic E-state index is 0.405. The molecule has 0 unspecified atom stereocenters. The number of aromatic nitrogens is 6. The van der Waals surface area contributed by atoms with Crippen molar-refractivity contribution in [2.45, 2.75) is 0 Å². The molecule has 0 fully saturated rings. The molecule has 0 aliphatic carbocycles. The van der Waals surface area contributed by atoms with E-state index in [1.54, 1.807) is 12.4 Å². The van der Waals surface area contributed by atoms with Crippen LogP contribution in [0, 0.1) is 0 Å². The van der Waals surface area contributed by atoms with Crippen molar-refractivity contribution in [1.82, 2.24) is 25.4 Å². The van der Waals surface area contributed by atoms with Crippen molar-refractivity contribution < 1.29 is 4.20 Å². The van der Waals surface area contributed by atoms with Gasteiger partial charge in [0.2, 0.25) is 5.82 Å². The third-order valence-electron chi connectivity index (χ3n) is 1.26. The van der Waals surface area contributed by atoms with Crippen molar-refractivity contribution >= 4 is 28.7 Å². The Hall–Kier alpha value is -1.02. The predicted molar refractivity (Wildman–Crippen MR) is 49.7 cm³/mol. The van der Waals surface area contributed by atoms with E-state index in [0.29, 0.717) is 11.6 Å². The van der Waals surface area contributed by atoms with Crippen LogP contribution >= 0.6 is 28.7 Å². The molecular weight excluding hydrogens is 256 g/mol. The van der Waals surface area contributed by atoms with Crippen LogP contribution in [0.15, 0.2) is 16.9 Å². The highest BCUT2D eigenvalue weighted by molar-refractivity contribution is 9.10. The number of tetrazole rings is 1. The number of halogens is 1. The van der Waals surface area contributed by atoms with Gasteiger partial charge in [-0.1, -0.05) is 0 Å². The van der Waals surface area contributed by atoms with Crippen molar-refractivity contribution in [3.8, 4) is 11.6 Å². The van der Waals surface area contributed by atoms with Gasteiger partial charge in [-0.25, -0.2) is 9.97 Å². The second-order valence-corrected chi connectivity index (χ2v) is 3.44. The molecule has 0 saturated carbocycles. The van der Waals surface area contributed by atoms with Gasteiger partial charge in [0.25, 0.3) is 0 Å². The molecule has 1 N–H and O–H groups in total. The average molecular weight is 260 g/mol. The quantitative estimate of drug-likeness (QED) is 0.559. The lowest BCUT2D eigenvalue weighted by Crippen LogP contribution is -2.25. The molecule has 0 saturated heterocycles. The second-order valence-electron chi connectivity index (χ2n) is 2.15. The Bertz CT molecular complexity index is 411. The highest BCUT2D eigenvalue weighted by Gasteiger charge is 2.14. The summed E-state index contributed by atoms with van der Waals surface area (Å²) in [4.78, 5) is 8.02. The van der Waals surface area contributed by atoms with Gasteiger partial charge in [0.1, 0.15) is 0 Å². The van der Waals surface area contributed by atoms with E-state index in [2.05, 4.69) is 54.1 Å². The van der Waals surface area contributed by atoms with Crippen molar-refractivity contribution in [2.75, 3.05) is 0 Å². The average Bonchev–Trinajstić information content (AvgIpc) is 2.53. The van der Waals surface area contributed by atoms with E-state index in [0.717, 1.165) is 4.47 Å². The van der Waals surface area contributed by atoms with E-state index < -0.39 is 0 Å². The molecule has 66 valence electrons. The third-order valence-corrected chi connectivity index (χ3v) is 1.84. The number of H-pyrrole nitrogens is 1. The summed E-state index contributed by atoms with van der Waals surface area (Å²) >= 11 is 7.13. The smallest absolute Gasteiger partial charge is 0.230 e. The van der Waals surface area contributed by atoms with Crippen LogP contribution in [0.1, 0.15) is 0 Å². The summed E-state index contributed by atoms with van der Waals surface area (Å²) in [6, 6.07) is 0. The fourth-order valence-electron chi connectivity index (χ4n) is 0.749. The molecule has 13 heavy (non-hydrogen) atoms. The Labute approximate surface area is 87.1 Å². The van der Waals surface area contributed by atoms with Gasteiger partial charge >= 0.3 is 5.82 Å². The van der Waals surface area contributed by atoms with E-state index >= 15 is 0 Å². The standard InChI is InChI=1S/C5H3BrN6S/c6-3-1-7-4(8-2-3)5-9-11-12(13)10-5/h1-2,13H/p+1. The summed E-state index contributed by atoms with van der Waals surface area (Å²) in [5.41, 5.74) is 0. The SMILES string of the molecule is S[n+]1nc(-c2ncc(Br)cn2)n[nH]1. The summed E-state index contributed by atoms with van der Waals surface area (Å²) < 4.78 is 1.99. The summed E-state index contributed by atoms with van der Waals surface area (Å²) in [5, 5.41) is 10.2. The number of hydrogen-bond donors (Lipinski definition) is 2. The molecule has 2 rings (SSSR count). The Morgan fingerprint density at radius 1 is 1.31 bits per heavy atom. The highest BCUT2D eigenvalue weighted by Crippen LogP contribution is 2.09. The first-order chi connectivity index (χ1) is 6.25. The van der Waals surface area contributed by atoms with E-state index in [1.807, 2.05) is 0 Å². The number of rotatable bonds is 1. The van der Waals surface area contributed by atoms with E-state index in [-0.39, 0.29) is 0 Å². The van der Waals surface area contributed by atoms with Crippen LogP contribution in [0.4, 0.5) is 0 Å². The number of hydrogen-bond acceptors (Lipinski definition) is 5. The molecule has 2 heterocycles. The summed E-state index contributed by atoms with van der Waals surface area (Å²) in [6.07, 6.45) is 3.25. The predicted octanol–water partition coefficient (Wildman–Crippen LogP) is 0.00460. The molecule has 8 heteroatoms. The van der Waals surface area contributed by atoms with Gasteiger partial charge in [-0.05, 0) is 21.1 Å². The molecule has 2 aromatic rings. The number of nitrogens with zero attached hydrogens (tertiary/aromatic N) is 5. The largest absolute Gasteiger partial charge is 0.376 e. The van der Waals surface area contributed by atoms with Crippen LogP contribution in [0.5, 0.6) is 0 Å². The number of aromatic amines is 1. The van der Waals surface area contributed by atoms with Crippen LogP contribution in [-0.2, 0) is 0 Å². The van der Waals surface area contributed by atoms with Crippen LogP contribution < -0.4 is 4.20 Å². The van der Waals surface area contributed by atoms with Crippen molar-refractivity contribution in [2.24, 2.45) is 0 Å². The van der Waals surface area contributed by atoms with E-state index in [4.69, 9.17) is 0 Å². The summed E-state index contributed by atoms with van der Waals surface area (Å²) in [6.45, 7) is 0. The Morgan fingerprint density at radius 3 is 2.54 bits per heavy atom. The van der Waals surface area contributed by atoms with Gasteiger partial charge in [-0.3, -0.25) is 0 Å². The first kappa shape index (κ1) is 8.57. The zero-order valence-electron chi connectivity index (χ0n) is 6.22. The first-order valence-electron chi connectivity index (χ1n) is 3.27. The lowest BCUT2D eigenvalue weighted by molar-refractivity contribution is -0.622. The fourth-order valence-corrected chi connectivity index (χ4v) is 1.08. The van der Waals surface area contributed by atoms with E-state index in [1.165, 1.54) is 4.20 Å². The molecule has 0 aromatic carbocycles. The van der Waals surface area contributed by atoms with Crippen molar-refractivity contribution in [3.05, 3.63) is 16.9 Å². The molecule has 0 aliphatic heterocycles. The topological polar surface area (TPSA) is 71.2 Å². The summed E-state index contributed by atoms with van der Waals surface area (Å²) in [7, 11) is 0. The maximum Gasteiger partial charge on any atom is 0.376 e. The maximum atomic E-state index is 4.01. The molecule has 0 spiro atoms. The monoisotopic (exact) mass is 259 g/mol. The van der Waals surface area contributed by atoms with Gasteiger partial charge in [-0.2, -0.15) is 0 Å². The minimum Gasteiger partial charge on any atom is -0.230 e. The van der Waals surface area contributed by atoms with Crippen molar-refractivity contribution in [1.29, 1.82) is 0 Å². The van der Waals surface area contributed by atoms with Crippen molar-refractivity contribution in [3.63, 3.8) is 0 Å². The Kier molecular flexibility index (Phi) is 2.23. The molecule has 0 atom stereocenters. The van der Waals surface area contributed by atoms with Crippen LogP contribution in [0.25, 0.3) is 11.6 Å². The minimum atomic E-state index is 0.405. The van der Waals surface area contributed by atoms with Gasteiger partial charge in [0.05, 0.1) is 22.4 Å². The van der Waals surface area contributed by atoms with Gasteiger partial charge < -0.3 is 0 Å². The van der Waals surface area contributed by atoms with Crippen LogP contribution in [0.2, 0.25) is 0 Å². The Balaban J connectivity index is 2.41. The van der Waals surface area contributed by atoms with Crippen LogP contribution in [-0.4, -0.2) is 25.4 Å². The number of nitrogens with one attached hydrogen (secondary N) is 1. The molecule has 0 aliphatic rings. The molecule has 2 aromatic heterocycles. The molecular formula is C5H4BrN6S+. The lowest BCUT2D eigenvalue weighted by Gasteiger charge is -1.87. The van der Waals surface area contributed by atoms with Gasteiger partial charge in [0, 0.05) is 21.7 Å². The molecule has 0 amide bonds. The van der Waals surface area contributed by atoms with Crippen LogP contribution in [0.3, 0.4) is 0 Å². The first-order valence-corrected chi connectivity index (χ1v) is 4.47. The van der Waals surface area contributed by atoms with Gasteiger partial charge in [-0.15, -0.1) is 0 Å². The fraction of sp³-hybridized carbons (Fsp3) is 0. The van der Waals surface area contributed by atoms with E-state index in [9.17, 15) is 0 Å². The summed E-state index contributed by atoms with van der Waals surface area (Å²) in [5.74, 6) is 0.856. The highest BCUT2D eigenvalue weighted by atomic mass is 79.9. The molecule has 6 nitrogen and oxygen atoms in total. The normalized spacial score (nSPS) is 10.3. The molecule has 0 radical (unpaired) electrons. The second kappa shape index (κ2) is 3.38. The lowest BCUT2D eigenvalue weighted by atomic mass is 10.5. The number of thiol groups is 1. The third kappa shape index (κ3) is 1.83. The molecule has 0 bridgehead atoms. The Morgan fingerprint density at radius 2 is 2.00 bits per heavy atom. The van der Waals surface area contributed by atoms with Gasteiger partial charge in [0.15, 0.2) is 0 Å². The zero-order chi connectivity index (χ0) is 9.26.